The van der Waals surface area contributed by atoms with Gasteiger partial charge in [-0.2, -0.15) is 0 Å². The van der Waals surface area contributed by atoms with Crippen molar-refractivity contribution in [3.8, 4) is 5.75 Å². The number of aliphatic hydroxyl groups is 1. The lowest BCUT2D eigenvalue weighted by atomic mass is 9.90. The van der Waals surface area contributed by atoms with E-state index >= 15 is 0 Å². The fourth-order valence-corrected chi connectivity index (χ4v) is 2.86. The molecule has 1 aromatic carbocycles. The van der Waals surface area contributed by atoms with E-state index in [1.54, 1.807) is 36.6 Å². The van der Waals surface area contributed by atoms with Crippen LogP contribution in [0.1, 0.15) is 24.3 Å². The Morgan fingerprint density at radius 1 is 1.38 bits per heavy atom. The van der Waals surface area contributed by atoms with Crippen molar-refractivity contribution in [3.63, 3.8) is 0 Å². The zero-order valence-corrected chi connectivity index (χ0v) is 13.2. The van der Waals surface area contributed by atoms with Crippen molar-refractivity contribution < 1.29 is 14.6 Å². The molecule has 0 bridgehead atoms. The molecule has 2 rings (SSSR count). The number of nitrogens with one attached hydrogen (secondary N) is 1. The Labute approximate surface area is 128 Å². The molecular weight excluding hydrogens is 286 g/mol. The van der Waals surface area contributed by atoms with E-state index in [4.69, 9.17) is 4.74 Å². The summed E-state index contributed by atoms with van der Waals surface area (Å²) in [6, 6.07) is 9.12. The molecule has 1 amide bonds. The van der Waals surface area contributed by atoms with E-state index < -0.39 is 5.41 Å². The SMILES string of the molecule is COc1ccc(NC(=O)C(C)(C)c2cccs2)cc1CO. The lowest BCUT2D eigenvalue weighted by Gasteiger charge is -2.22. The Bertz CT molecular complexity index is 620. The highest BCUT2D eigenvalue weighted by molar-refractivity contribution is 7.10. The summed E-state index contributed by atoms with van der Waals surface area (Å²) >= 11 is 1.56. The van der Waals surface area contributed by atoms with E-state index in [1.165, 1.54) is 0 Å². The topological polar surface area (TPSA) is 58.6 Å². The molecule has 112 valence electrons. The number of hydrogen-bond acceptors (Lipinski definition) is 4. The minimum atomic E-state index is -0.604. The Morgan fingerprint density at radius 2 is 2.14 bits per heavy atom. The molecule has 0 aliphatic heterocycles. The summed E-state index contributed by atoms with van der Waals surface area (Å²) in [4.78, 5) is 13.5. The molecule has 0 spiro atoms. The van der Waals surface area contributed by atoms with E-state index in [1.807, 2.05) is 31.4 Å². The third-order valence-corrected chi connectivity index (χ3v) is 4.61. The zero-order chi connectivity index (χ0) is 15.5. The quantitative estimate of drug-likeness (QED) is 0.892. The Hall–Kier alpha value is -1.85. The van der Waals surface area contributed by atoms with Crippen LogP contribution in [0, 0.1) is 0 Å². The van der Waals surface area contributed by atoms with Gasteiger partial charge < -0.3 is 15.2 Å². The van der Waals surface area contributed by atoms with Gasteiger partial charge in [0.1, 0.15) is 5.75 Å². The zero-order valence-electron chi connectivity index (χ0n) is 12.3. The summed E-state index contributed by atoms with van der Waals surface area (Å²) in [5.41, 5.74) is 0.687. The number of rotatable bonds is 5. The number of methoxy groups -OCH3 is 1. The maximum atomic E-state index is 12.5. The fourth-order valence-electron chi connectivity index (χ4n) is 2.01. The minimum absolute atomic E-state index is 0.0843. The molecule has 21 heavy (non-hydrogen) atoms. The van der Waals surface area contributed by atoms with Gasteiger partial charge in [-0.05, 0) is 43.5 Å². The lowest BCUT2D eigenvalue weighted by Crippen LogP contribution is -2.33. The van der Waals surface area contributed by atoms with E-state index in [2.05, 4.69) is 5.32 Å². The van der Waals surface area contributed by atoms with Crippen molar-refractivity contribution in [2.45, 2.75) is 25.9 Å². The van der Waals surface area contributed by atoms with Crippen LogP contribution in [0.3, 0.4) is 0 Å². The molecule has 0 aliphatic rings. The molecule has 2 aromatic rings. The molecule has 0 unspecified atom stereocenters. The van der Waals surface area contributed by atoms with Gasteiger partial charge in [0.15, 0.2) is 0 Å². The molecule has 0 saturated carbocycles. The van der Waals surface area contributed by atoms with Gasteiger partial charge in [-0.1, -0.05) is 6.07 Å². The second-order valence-electron chi connectivity index (χ2n) is 5.24. The third kappa shape index (κ3) is 3.25. The number of hydrogen-bond donors (Lipinski definition) is 2. The van der Waals surface area contributed by atoms with Crippen molar-refractivity contribution in [1.29, 1.82) is 0 Å². The predicted octanol–water partition coefficient (Wildman–Crippen LogP) is 3.17. The Kier molecular flexibility index (Phi) is 4.65. The monoisotopic (exact) mass is 305 g/mol. The third-order valence-electron chi connectivity index (χ3n) is 3.41. The van der Waals surface area contributed by atoms with Gasteiger partial charge in [0.25, 0.3) is 0 Å². The maximum absolute atomic E-state index is 12.5. The normalized spacial score (nSPS) is 11.2. The van der Waals surface area contributed by atoms with Gasteiger partial charge in [0.05, 0.1) is 19.1 Å². The van der Waals surface area contributed by atoms with Gasteiger partial charge in [-0.15, -0.1) is 11.3 Å². The van der Waals surface area contributed by atoms with Crippen molar-refractivity contribution in [3.05, 3.63) is 46.2 Å². The first-order valence-electron chi connectivity index (χ1n) is 6.62. The molecule has 0 radical (unpaired) electrons. The molecular formula is C16H19NO3S. The van der Waals surface area contributed by atoms with Crippen LogP contribution >= 0.6 is 11.3 Å². The van der Waals surface area contributed by atoms with Crippen LogP contribution in [0.15, 0.2) is 35.7 Å². The molecule has 5 heteroatoms. The molecule has 0 aliphatic carbocycles. The average molecular weight is 305 g/mol. The molecule has 1 aromatic heterocycles. The van der Waals surface area contributed by atoms with Gasteiger partial charge in [0.2, 0.25) is 5.91 Å². The van der Waals surface area contributed by atoms with E-state index in [0.29, 0.717) is 17.0 Å². The predicted molar refractivity (Wildman–Crippen MR) is 84.9 cm³/mol. The van der Waals surface area contributed by atoms with Crippen molar-refractivity contribution >= 4 is 22.9 Å². The molecule has 2 N–H and O–H groups in total. The van der Waals surface area contributed by atoms with Crippen LogP contribution in [0.4, 0.5) is 5.69 Å². The van der Waals surface area contributed by atoms with Crippen molar-refractivity contribution in [2.75, 3.05) is 12.4 Å². The van der Waals surface area contributed by atoms with Crippen LogP contribution in [0.2, 0.25) is 0 Å². The van der Waals surface area contributed by atoms with Crippen LogP contribution in [-0.4, -0.2) is 18.1 Å². The fraction of sp³-hybridized carbons (Fsp3) is 0.312. The van der Waals surface area contributed by atoms with Crippen molar-refractivity contribution in [2.24, 2.45) is 0 Å². The number of carbonyl (C=O) groups excluding carboxylic acids is 1. The van der Waals surface area contributed by atoms with Crippen LogP contribution in [0.25, 0.3) is 0 Å². The van der Waals surface area contributed by atoms with Crippen LogP contribution in [-0.2, 0) is 16.8 Å². The van der Waals surface area contributed by atoms with E-state index in [9.17, 15) is 9.90 Å². The Balaban J connectivity index is 2.20. The summed E-state index contributed by atoms with van der Waals surface area (Å²) in [7, 11) is 1.55. The van der Waals surface area contributed by atoms with Crippen LogP contribution < -0.4 is 10.1 Å². The number of aliphatic hydroxyl groups excluding tert-OH is 1. The van der Waals surface area contributed by atoms with Gasteiger partial charge in [0, 0.05) is 16.1 Å². The second kappa shape index (κ2) is 6.28. The minimum Gasteiger partial charge on any atom is -0.496 e. The van der Waals surface area contributed by atoms with E-state index in [-0.39, 0.29) is 12.5 Å². The number of benzene rings is 1. The first kappa shape index (κ1) is 15.5. The summed E-state index contributed by atoms with van der Waals surface area (Å²) in [6.07, 6.45) is 0. The number of thiophene rings is 1. The highest BCUT2D eigenvalue weighted by atomic mass is 32.1. The van der Waals surface area contributed by atoms with Crippen molar-refractivity contribution in [1.82, 2.24) is 0 Å². The molecule has 1 heterocycles. The van der Waals surface area contributed by atoms with Crippen LogP contribution in [0.5, 0.6) is 5.75 Å². The lowest BCUT2D eigenvalue weighted by molar-refractivity contribution is -0.120. The second-order valence-corrected chi connectivity index (χ2v) is 6.19. The standard InChI is InChI=1S/C16H19NO3S/c1-16(2,14-5-4-8-21-14)15(19)17-12-6-7-13(20-3)11(9-12)10-18/h4-9,18H,10H2,1-3H3,(H,17,19). The molecule has 0 saturated heterocycles. The highest BCUT2D eigenvalue weighted by Crippen LogP contribution is 2.30. The summed E-state index contributed by atoms with van der Waals surface area (Å²) in [5.74, 6) is 0.520. The summed E-state index contributed by atoms with van der Waals surface area (Å²) in [5, 5.41) is 14.2. The maximum Gasteiger partial charge on any atom is 0.235 e. The van der Waals surface area contributed by atoms with Gasteiger partial charge in [-0.25, -0.2) is 0 Å². The number of amides is 1. The molecule has 4 nitrogen and oxygen atoms in total. The smallest absolute Gasteiger partial charge is 0.235 e. The molecule has 0 atom stereocenters. The number of ether oxygens (including phenoxy) is 1. The van der Waals surface area contributed by atoms with Gasteiger partial charge >= 0.3 is 0 Å². The summed E-state index contributed by atoms with van der Waals surface area (Å²) in [6.45, 7) is 3.65. The average Bonchev–Trinajstić information content (AvgIpc) is 3.01. The Morgan fingerprint density at radius 3 is 2.71 bits per heavy atom. The highest BCUT2D eigenvalue weighted by Gasteiger charge is 2.30. The molecule has 0 fully saturated rings. The van der Waals surface area contributed by atoms with Gasteiger partial charge in [-0.3, -0.25) is 4.79 Å². The number of carbonyl (C=O) groups is 1. The summed E-state index contributed by atoms with van der Waals surface area (Å²) < 4.78 is 5.15. The van der Waals surface area contributed by atoms with E-state index in [0.717, 1.165) is 4.88 Å². The first-order chi connectivity index (χ1) is 9.98. The largest absolute Gasteiger partial charge is 0.496 e. The number of anilines is 1. The first-order valence-corrected chi connectivity index (χ1v) is 7.50.